The van der Waals surface area contributed by atoms with Crippen molar-refractivity contribution in [2.75, 3.05) is 13.2 Å². The Morgan fingerprint density at radius 3 is 2.74 bits per heavy atom. The predicted octanol–water partition coefficient (Wildman–Crippen LogP) is 4.29. The van der Waals surface area contributed by atoms with E-state index >= 15 is 0 Å². The smallest absolute Gasteiger partial charge is 0.339 e. The van der Waals surface area contributed by atoms with Gasteiger partial charge in [-0.2, -0.15) is 0 Å². The predicted molar refractivity (Wildman–Crippen MR) is 125 cm³/mol. The highest BCUT2D eigenvalue weighted by molar-refractivity contribution is 5.95. The molecule has 34 heavy (non-hydrogen) atoms. The van der Waals surface area contributed by atoms with Crippen molar-refractivity contribution in [1.82, 2.24) is 14.5 Å². The molecule has 8 nitrogen and oxygen atoms in total. The molecule has 0 spiro atoms. The van der Waals surface area contributed by atoms with E-state index in [2.05, 4.69) is 4.98 Å². The van der Waals surface area contributed by atoms with Crippen LogP contribution < -0.4 is 10.3 Å². The summed E-state index contributed by atoms with van der Waals surface area (Å²) in [5, 5.41) is 0. The number of fused-ring (bicyclic) bond motifs is 2. The van der Waals surface area contributed by atoms with Gasteiger partial charge in [-0.3, -0.25) is 4.79 Å². The summed E-state index contributed by atoms with van der Waals surface area (Å²) in [6.07, 6.45) is 3.61. The second-order valence-corrected chi connectivity index (χ2v) is 8.67. The van der Waals surface area contributed by atoms with Gasteiger partial charge in [0.25, 0.3) is 0 Å². The molecule has 0 unspecified atom stereocenters. The number of esters is 1. The van der Waals surface area contributed by atoms with Gasteiger partial charge in [-0.25, -0.2) is 9.78 Å². The average Bonchev–Trinajstić information content (AvgIpc) is 3.47. The summed E-state index contributed by atoms with van der Waals surface area (Å²) in [4.78, 5) is 32.5. The maximum atomic E-state index is 12.1. The molecule has 0 saturated carbocycles. The minimum Gasteiger partial charge on any atom is -0.457 e. The van der Waals surface area contributed by atoms with Crippen LogP contribution in [0.25, 0.3) is 22.2 Å². The van der Waals surface area contributed by atoms with Crippen LogP contribution in [0.3, 0.4) is 0 Å². The van der Waals surface area contributed by atoms with Gasteiger partial charge in [-0.15, -0.1) is 0 Å². The third-order valence-electron chi connectivity index (χ3n) is 6.54. The molecule has 1 fully saturated rings. The van der Waals surface area contributed by atoms with E-state index in [1.807, 2.05) is 18.2 Å². The van der Waals surface area contributed by atoms with E-state index in [4.69, 9.17) is 19.2 Å². The minimum atomic E-state index is -0.349. The standard InChI is InChI=1S/C26H23N3O5/c1-29-13-16(5-8-22(29)30)17-6-7-20-23(28-25(27-20)15-9-11-32-12-10-15)24(17)34-21-4-2-3-18-19(21)14-33-26(18)31/h2-8,13,15H,9-12,14H2,1H3,(H,27,28). The molecule has 0 atom stereocenters. The molecule has 2 aromatic carbocycles. The monoisotopic (exact) mass is 457 g/mol. The fraction of sp³-hybridized carbons (Fsp3) is 0.269. The lowest BCUT2D eigenvalue weighted by molar-refractivity contribution is 0.0534. The van der Waals surface area contributed by atoms with Gasteiger partial charge in [-0.05, 0) is 43.2 Å². The second-order valence-electron chi connectivity index (χ2n) is 8.67. The van der Waals surface area contributed by atoms with Crippen LogP contribution in [0.4, 0.5) is 0 Å². The van der Waals surface area contributed by atoms with Crippen molar-refractivity contribution >= 4 is 17.0 Å². The van der Waals surface area contributed by atoms with Gasteiger partial charge in [0.05, 0.1) is 11.1 Å². The first-order valence-electron chi connectivity index (χ1n) is 11.3. The number of aryl methyl sites for hydroxylation is 1. The lowest BCUT2D eigenvalue weighted by atomic mass is 10.00. The van der Waals surface area contributed by atoms with Crippen LogP contribution in [-0.4, -0.2) is 33.7 Å². The van der Waals surface area contributed by atoms with Crippen molar-refractivity contribution < 1.29 is 19.0 Å². The summed E-state index contributed by atoms with van der Waals surface area (Å²) < 4.78 is 18.8. The van der Waals surface area contributed by atoms with E-state index in [1.54, 1.807) is 31.4 Å². The normalized spacial score (nSPS) is 16.0. The first kappa shape index (κ1) is 20.7. The molecule has 0 amide bonds. The molecule has 2 aliphatic rings. The molecule has 0 aliphatic carbocycles. The molecular formula is C26H23N3O5. The van der Waals surface area contributed by atoms with Crippen molar-refractivity contribution in [2.24, 2.45) is 7.05 Å². The number of hydrogen-bond acceptors (Lipinski definition) is 6. The Bertz CT molecular complexity index is 1480. The summed E-state index contributed by atoms with van der Waals surface area (Å²) >= 11 is 0. The number of H-pyrrole nitrogens is 1. The van der Waals surface area contributed by atoms with Gasteiger partial charge < -0.3 is 23.8 Å². The van der Waals surface area contributed by atoms with Gasteiger partial charge >= 0.3 is 5.97 Å². The van der Waals surface area contributed by atoms with Crippen LogP contribution in [0.5, 0.6) is 11.5 Å². The van der Waals surface area contributed by atoms with E-state index in [0.29, 0.717) is 28.5 Å². The van der Waals surface area contributed by atoms with Crippen molar-refractivity contribution in [2.45, 2.75) is 25.4 Å². The SMILES string of the molecule is Cn1cc(-c2ccc3[nH]c(C4CCOCC4)nc3c2Oc2cccc3c2COC3=O)ccc1=O. The zero-order valence-corrected chi connectivity index (χ0v) is 18.7. The summed E-state index contributed by atoms with van der Waals surface area (Å²) in [5.41, 5.74) is 4.34. The highest BCUT2D eigenvalue weighted by Gasteiger charge is 2.27. The van der Waals surface area contributed by atoms with Crippen molar-refractivity contribution in [3.8, 4) is 22.6 Å². The van der Waals surface area contributed by atoms with Crippen LogP contribution >= 0.6 is 0 Å². The number of cyclic esters (lactones) is 1. The number of aromatic nitrogens is 3. The summed E-state index contributed by atoms with van der Waals surface area (Å²) in [6.45, 7) is 1.61. The summed E-state index contributed by atoms with van der Waals surface area (Å²) in [5.74, 6) is 1.98. The van der Waals surface area contributed by atoms with Crippen LogP contribution in [0.2, 0.25) is 0 Å². The van der Waals surface area contributed by atoms with E-state index < -0.39 is 0 Å². The molecule has 2 aromatic heterocycles. The third-order valence-corrected chi connectivity index (χ3v) is 6.54. The van der Waals surface area contributed by atoms with Gasteiger partial charge in [0.2, 0.25) is 5.56 Å². The number of carbonyl (C=O) groups excluding carboxylic acids is 1. The molecular weight excluding hydrogens is 434 g/mol. The topological polar surface area (TPSA) is 95.4 Å². The molecule has 1 N–H and O–H groups in total. The molecule has 172 valence electrons. The van der Waals surface area contributed by atoms with Crippen LogP contribution in [0, 0.1) is 0 Å². The number of nitrogens with zero attached hydrogens (tertiary/aromatic N) is 2. The van der Waals surface area contributed by atoms with E-state index in [1.165, 1.54) is 10.6 Å². The Hall–Kier alpha value is -3.91. The molecule has 4 aromatic rings. The van der Waals surface area contributed by atoms with Gasteiger partial charge in [0.15, 0.2) is 5.75 Å². The number of aromatic amines is 1. The maximum absolute atomic E-state index is 12.1. The number of ether oxygens (including phenoxy) is 3. The Labute approximate surface area is 195 Å². The Morgan fingerprint density at radius 1 is 1.06 bits per heavy atom. The highest BCUT2D eigenvalue weighted by atomic mass is 16.5. The first-order chi connectivity index (χ1) is 16.6. The quantitative estimate of drug-likeness (QED) is 0.460. The molecule has 4 heterocycles. The first-order valence-corrected chi connectivity index (χ1v) is 11.3. The van der Waals surface area contributed by atoms with E-state index in [-0.39, 0.29) is 18.1 Å². The Balaban J connectivity index is 1.53. The molecule has 6 rings (SSSR count). The van der Waals surface area contributed by atoms with E-state index in [0.717, 1.165) is 54.1 Å². The zero-order valence-electron chi connectivity index (χ0n) is 18.7. The fourth-order valence-corrected chi connectivity index (χ4v) is 4.64. The Kier molecular flexibility index (Phi) is 4.95. The van der Waals surface area contributed by atoms with E-state index in [9.17, 15) is 9.59 Å². The minimum absolute atomic E-state index is 0.0922. The maximum Gasteiger partial charge on any atom is 0.339 e. The number of carbonyl (C=O) groups is 1. The summed E-state index contributed by atoms with van der Waals surface area (Å²) in [7, 11) is 1.72. The molecule has 0 bridgehead atoms. The largest absolute Gasteiger partial charge is 0.457 e. The lowest BCUT2D eigenvalue weighted by Crippen LogP contribution is -2.15. The molecule has 8 heteroatoms. The number of benzene rings is 2. The summed E-state index contributed by atoms with van der Waals surface area (Å²) in [6, 6.07) is 12.6. The number of pyridine rings is 1. The number of nitrogens with one attached hydrogen (secondary N) is 1. The van der Waals surface area contributed by atoms with Crippen LogP contribution in [0.15, 0.2) is 53.5 Å². The van der Waals surface area contributed by atoms with Crippen molar-refractivity contribution in [3.63, 3.8) is 0 Å². The number of imidazole rings is 1. The van der Waals surface area contributed by atoms with Crippen LogP contribution in [-0.2, 0) is 23.1 Å². The number of hydrogen-bond donors (Lipinski definition) is 1. The lowest BCUT2D eigenvalue weighted by Gasteiger charge is -2.19. The fourth-order valence-electron chi connectivity index (χ4n) is 4.64. The Morgan fingerprint density at radius 2 is 1.91 bits per heavy atom. The second kappa shape index (κ2) is 8.14. The van der Waals surface area contributed by atoms with Crippen molar-refractivity contribution in [3.05, 3.63) is 76.0 Å². The third kappa shape index (κ3) is 3.47. The van der Waals surface area contributed by atoms with Gasteiger partial charge in [0, 0.05) is 55.1 Å². The zero-order chi connectivity index (χ0) is 23.2. The van der Waals surface area contributed by atoms with Crippen LogP contribution in [0.1, 0.15) is 40.5 Å². The number of rotatable bonds is 4. The average molecular weight is 457 g/mol. The van der Waals surface area contributed by atoms with Gasteiger partial charge in [-0.1, -0.05) is 6.07 Å². The van der Waals surface area contributed by atoms with Crippen molar-refractivity contribution in [1.29, 1.82) is 0 Å². The molecule has 2 aliphatic heterocycles. The molecule has 1 saturated heterocycles. The molecule has 0 radical (unpaired) electrons. The highest BCUT2D eigenvalue weighted by Crippen LogP contribution is 2.41. The van der Waals surface area contributed by atoms with Gasteiger partial charge in [0.1, 0.15) is 23.7 Å².